The van der Waals surface area contributed by atoms with Gasteiger partial charge in [-0.05, 0) is 24.1 Å². The predicted molar refractivity (Wildman–Crippen MR) is 78.7 cm³/mol. The fourth-order valence-electron chi connectivity index (χ4n) is 2.18. The molecule has 0 aliphatic carbocycles. The van der Waals surface area contributed by atoms with Crippen LogP contribution in [0.5, 0.6) is 0 Å². The van der Waals surface area contributed by atoms with Crippen LogP contribution in [0.25, 0.3) is 10.9 Å². The van der Waals surface area contributed by atoms with Gasteiger partial charge in [0.2, 0.25) is 0 Å². The zero-order chi connectivity index (χ0) is 13.0. The van der Waals surface area contributed by atoms with Gasteiger partial charge in [0.15, 0.2) is 0 Å². The summed E-state index contributed by atoms with van der Waals surface area (Å²) in [6.45, 7) is 10.1. The number of allylic oxidation sites excluding steroid dienone is 1. The van der Waals surface area contributed by atoms with Crippen molar-refractivity contribution in [2.45, 2.75) is 39.4 Å². The third kappa shape index (κ3) is 2.82. The average Bonchev–Trinajstić information content (AvgIpc) is 2.77. The van der Waals surface area contributed by atoms with Gasteiger partial charge < -0.3 is 9.88 Å². The summed E-state index contributed by atoms with van der Waals surface area (Å²) in [6, 6.07) is 9.27. The molecule has 0 radical (unpaired) electrons. The van der Waals surface area contributed by atoms with Crippen LogP contribution in [0.2, 0.25) is 0 Å². The number of hydrogen-bond acceptors (Lipinski definition) is 1. The molecule has 0 unspecified atom stereocenters. The lowest BCUT2D eigenvalue weighted by Crippen LogP contribution is -2.21. The lowest BCUT2D eigenvalue weighted by molar-refractivity contribution is 0.590. The summed E-state index contributed by atoms with van der Waals surface area (Å²) in [4.78, 5) is 0. The highest BCUT2D eigenvalue weighted by molar-refractivity contribution is 5.83. The van der Waals surface area contributed by atoms with Crippen LogP contribution >= 0.6 is 0 Å². The Kier molecular flexibility index (Phi) is 4.21. The van der Waals surface area contributed by atoms with Gasteiger partial charge in [-0.3, -0.25) is 0 Å². The van der Waals surface area contributed by atoms with Crippen LogP contribution in [-0.2, 0) is 13.1 Å². The van der Waals surface area contributed by atoms with E-state index in [1.54, 1.807) is 0 Å². The second-order valence-electron chi connectivity index (χ2n) is 4.97. The third-order valence-corrected chi connectivity index (χ3v) is 3.18. The van der Waals surface area contributed by atoms with Gasteiger partial charge in [-0.1, -0.05) is 32.1 Å². The molecule has 1 N–H and O–H groups in total. The Morgan fingerprint density at radius 1 is 1.33 bits per heavy atom. The van der Waals surface area contributed by atoms with E-state index < -0.39 is 0 Å². The number of rotatable bonds is 6. The van der Waals surface area contributed by atoms with Crippen molar-refractivity contribution in [3.05, 3.63) is 48.7 Å². The zero-order valence-corrected chi connectivity index (χ0v) is 11.3. The van der Waals surface area contributed by atoms with Gasteiger partial charge in [0.25, 0.3) is 0 Å². The average molecular weight is 242 g/mol. The van der Waals surface area contributed by atoms with E-state index in [1.807, 2.05) is 6.08 Å². The molecule has 0 amide bonds. The smallest absolute Gasteiger partial charge is 0.0483 e. The number of benzene rings is 1. The van der Waals surface area contributed by atoms with Crippen LogP contribution in [0.1, 0.15) is 25.8 Å². The van der Waals surface area contributed by atoms with Crippen molar-refractivity contribution in [1.29, 1.82) is 0 Å². The summed E-state index contributed by atoms with van der Waals surface area (Å²) in [5, 5.41) is 4.84. The first-order valence-corrected chi connectivity index (χ1v) is 6.63. The second-order valence-corrected chi connectivity index (χ2v) is 4.97. The Balaban J connectivity index is 2.27. The van der Waals surface area contributed by atoms with Crippen molar-refractivity contribution in [3.63, 3.8) is 0 Å². The van der Waals surface area contributed by atoms with Crippen LogP contribution < -0.4 is 5.32 Å². The molecule has 0 aliphatic rings. The monoisotopic (exact) mass is 242 g/mol. The van der Waals surface area contributed by atoms with Gasteiger partial charge in [-0.15, -0.1) is 6.58 Å². The molecule has 2 nitrogen and oxygen atoms in total. The van der Waals surface area contributed by atoms with Crippen molar-refractivity contribution in [2.75, 3.05) is 0 Å². The fraction of sp³-hybridized carbons (Fsp3) is 0.375. The van der Waals surface area contributed by atoms with E-state index in [0.717, 1.165) is 19.5 Å². The summed E-state index contributed by atoms with van der Waals surface area (Å²) in [5.41, 5.74) is 2.69. The van der Waals surface area contributed by atoms with Gasteiger partial charge >= 0.3 is 0 Å². The quantitative estimate of drug-likeness (QED) is 0.764. The molecule has 1 aromatic carbocycles. The molecule has 1 heterocycles. The largest absolute Gasteiger partial charge is 0.347 e. The van der Waals surface area contributed by atoms with E-state index >= 15 is 0 Å². The third-order valence-electron chi connectivity index (χ3n) is 3.18. The molecule has 96 valence electrons. The summed E-state index contributed by atoms with van der Waals surface area (Å²) in [6.07, 6.45) is 5.15. The van der Waals surface area contributed by atoms with Crippen molar-refractivity contribution in [2.24, 2.45) is 0 Å². The molecule has 2 rings (SSSR count). The SMILES string of the molecule is C=CCCn1ccc2c(CNC(C)C)cccc21. The molecule has 2 aromatic rings. The van der Waals surface area contributed by atoms with E-state index in [1.165, 1.54) is 16.5 Å². The Morgan fingerprint density at radius 3 is 2.89 bits per heavy atom. The van der Waals surface area contributed by atoms with Crippen molar-refractivity contribution in [1.82, 2.24) is 9.88 Å². The van der Waals surface area contributed by atoms with E-state index in [9.17, 15) is 0 Å². The van der Waals surface area contributed by atoms with Crippen molar-refractivity contribution >= 4 is 10.9 Å². The lowest BCUT2D eigenvalue weighted by Gasteiger charge is -2.10. The number of nitrogens with zero attached hydrogens (tertiary/aromatic N) is 1. The minimum atomic E-state index is 0.517. The van der Waals surface area contributed by atoms with Gasteiger partial charge in [-0.25, -0.2) is 0 Å². The van der Waals surface area contributed by atoms with Crippen LogP contribution in [0.4, 0.5) is 0 Å². The molecule has 0 spiro atoms. The molecule has 0 saturated carbocycles. The first kappa shape index (κ1) is 12.9. The number of fused-ring (bicyclic) bond motifs is 1. The van der Waals surface area contributed by atoms with Crippen molar-refractivity contribution < 1.29 is 0 Å². The number of nitrogens with one attached hydrogen (secondary N) is 1. The highest BCUT2D eigenvalue weighted by atomic mass is 14.9. The van der Waals surface area contributed by atoms with Gasteiger partial charge in [-0.2, -0.15) is 0 Å². The minimum Gasteiger partial charge on any atom is -0.347 e. The molecule has 0 aliphatic heterocycles. The van der Waals surface area contributed by atoms with E-state index in [4.69, 9.17) is 0 Å². The molecule has 0 fully saturated rings. The first-order valence-electron chi connectivity index (χ1n) is 6.63. The number of aromatic nitrogens is 1. The standard InChI is InChI=1S/C16H22N2/c1-4-5-10-18-11-9-15-14(12-17-13(2)3)7-6-8-16(15)18/h4,6-9,11,13,17H,1,5,10,12H2,2-3H3. The van der Waals surface area contributed by atoms with E-state index in [2.05, 4.69) is 60.8 Å². The van der Waals surface area contributed by atoms with E-state index in [-0.39, 0.29) is 0 Å². The zero-order valence-electron chi connectivity index (χ0n) is 11.3. The van der Waals surface area contributed by atoms with Gasteiger partial charge in [0, 0.05) is 36.2 Å². The van der Waals surface area contributed by atoms with Gasteiger partial charge in [0.1, 0.15) is 0 Å². The van der Waals surface area contributed by atoms with Gasteiger partial charge in [0.05, 0.1) is 0 Å². The highest BCUT2D eigenvalue weighted by Gasteiger charge is 2.05. The molecular weight excluding hydrogens is 220 g/mol. The van der Waals surface area contributed by atoms with Crippen LogP contribution in [0.15, 0.2) is 43.1 Å². The molecule has 0 atom stereocenters. The molecule has 0 saturated heterocycles. The lowest BCUT2D eigenvalue weighted by atomic mass is 10.1. The first-order chi connectivity index (χ1) is 8.72. The second kappa shape index (κ2) is 5.87. The molecule has 0 bridgehead atoms. The molecule has 2 heteroatoms. The summed E-state index contributed by atoms with van der Waals surface area (Å²) < 4.78 is 2.30. The van der Waals surface area contributed by atoms with Crippen LogP contribution in [0, 0.1) is 0 Å². The van der Waals surface area contributed by atoms with Crippen molar-refractivity contribution in [3.8, 4) is 0 Å². The highest BCUT2D eigenvalue weighted by Crippen LogP contribution is 2.20. The normalized spacial score (nSPS) is 11.3. The summed E-state index contributed by atoms with van der Waals surface area (Å²) in [5.74, 6) is 0. The fourth-order valence-corrected chi connectivity index (χ4v) is 2.18. The predicted octanol–water partition coefficient (Wildman–Crippen LogP) is 3.72. The number of hydrogen-bond donors (Lipinski definition) is 1. The maximum Gasteiger partial charge on any atom is 0.0483 e. The molecular formula is C16H22N2. The summed E-state index contributed by atoms with van der Waals surface area (Å²) >= 11 is 0. The molecule has 18 heavy (non-hydrogen) atoms. The minimum absolute atomic E-state index is 0.517. The number of aryl methyl sites for hydroxylation is 1. The Labute approximate surface area is 109 Å². The van der Waals surface area contributed by atoms with E-state index in [0.29, 0.717) is 6.04 Å². The maximum absolute atomic E-state index is 3.78. The Morgan fingerprint density at radius 2 is 2.17 bits per heavy atom. The van der Waals surface area contributed by atoms with Crippen LogP contribution in [-0.4, -0.2) is 10.6 Å². The summed E-state index contributed by atoms with van der Waals surface area (Å²) in [7, 11) is 0. The topological polar surface area (TPSA) is 17.0 Å². The van der Waals surface area contributed by atoms with Crippen LogP contribution in [0.3, 0.4) is 0 Å². The Bertz CT molecular complexity index is 523. The maximum atomic E-state index is 3.78. The Hall–Kier alpha value is -1.54. The molecule has 1 aromatic heterocycles.